The number of ether oxygens (including phenoxy) is 2. The third-order valence-electron chi connectivity index (χ3n) is 5.24. The summed E-state index contributed by atoms with van der Waals surface area (Å²) in [6, 6.07) is 8.89. The van der Waals surface area contributed by atoms with E-state index in [0.29, 0.717) is 58.9 Å². The molecule has 0 radical (unpaired) electrons. The van der Waals surface area contributed by atoms with Crippen LogP contribution in [0.1, 0.15) is 16.2 Å². The molecule has 0 amide bonds. The van der Waals surface area contributed by atoms with Crippen LogP contribution in [0.15, 0.2) is 40.8 Å². The van der Waals surface area contributed by atoms with Crippen molar-refractivity contribution in [3.63, 3.8) is 0 Å². The van der Waals surface area contributed by atoms with Gasteiger partial charge in [-0.05, 0) is 53.5 Å². The van der Waals surface area contributed by atoms with Crippen LogP contribution in [-0.2, 0) is 11.3 Å². The summed E-state index contributed by atoms with van der Waals surface area (Å²) in [5.41, 5.74) is 1.56. The highest BCUT2D eigenvalue weighted by Gasteiger charge is 2.26. The number of hydrogen-bond donors (Lipinski definition) is 1. The average Bonchev–Trinajstić information content (AvgIpc) is 3.41. The Bertz CT molecular complexity index is 1320. The van der Waals surface area contributed by atoms with Gasteiger partial charge in [0.05, 0.1) is 18.9 Å². The Balaban J connectivity index is 1.63. The first kappa shape index (κ1) is 21.6. The van der Waals surface area contributed by atoms with Crippen LogP contribution in [-0.4, -0.2) is 46.7 Å². The van der Waals surface area contributed by atoms with Crippen molar-refractivity contribution < 1.29 is 28.2 Å². The van der Waals surface area contributed by atoms with E-state index in [9.17, 15) is 14.3 Å². The van der Waals surface area contributed by atoms with E-state index in [0.717, 1.165) is 17.2 Å². The van der Waals surface area contributed by atoms with Crippen molar-refractivity contribution in [1.82, 2.24) is 9.36 Å². The highest BCUT2D eigenvalue weighted by Crippen LogP contribution is 2.41. The number of anilines is 1. The van der Waals surface area contributed by atoms with E-state index in [4.69, 9.17) is 25.5 Å². The quantitative estimate of drug-likeness (QED) is 0.410. The van der Waals surface area contributed by atoms with Crippen molar-refractivity contribution in [2.75, 3.05) is 31.2 Å². The fourth-order valence-electron chi connectivity index (χ4n) is 3.73. The topological polar surface area (TPSA) is 97.9 Å². The number of rotatable bonds is 6. The molecule has 0 aliphatic carbocycles. The molecule has 11 heteroatoms. The van der Waals surface area contributed by atoms with Gasteiger partial charge in [0.1, 0.15) is 35.1 Å². The second-order valence-electron chi connectivity index (χ2n) is 7.29. The van der Waals surface area contributed by atoms with Gasteiger partial charge in [-0.1, -0.05) is 0 Å². The van der Waals surface area contributed by atoms with Crippen molar-refractivity contribution >= 4 is 45.8 Å². The first-order chi connectivity index (χ1) is 16.0. The predicted octanol–water partition coefficient (Wildman–Crippen LogP) is 4.86. The minimum absolute atomic E-state index is 0.0233. The monoisotopic (exact) mass is 489 g/mol. The Morgan fingerprint density at radius 3 is 2.67 bits per heavy atom. The molecule has 3 heterocycles. The largest absolute Gasteiger partial charge is 0.483 e. The summed E-state index contributed by atoms with van der Waals surface area (Å²) >= 11 is 6.93. The summed E-state index contributed by atoms with van der Waals surface area (Å²) in [7, 11) is 0. The zero-order valence-electron chi connectivity index (χ0n) is 17.1. The maximum atomic E-state index is 13.4. The number of morpholine rings is 1. The smallest absolute Gasteiger partial charge is 0.340 e. The van der Waals surface area contributed by atoms with Crippen LogP contribution in [0.2, 0.25) is 4.47 Å². The molecule has 5 rings (SSSR count). The van der Waals surface area contributed by atoms with Crippen LogP contribution >= 0.6 is 23.1 Å². The van der Waals surface area contributed by atoms with Gasteiger partial charge in [-0.15, -0.1) is 0 Å². The van der Waals surface area contributed by atoms with Gasteiger partial charge >= 0.3 is 5.97 Å². The predicted molar refractivity (Wildman–Crippen MR) is 121 cm³/mol. The summed E-state index contributed by atoms with van der Waals surface area (Å²) in [5, 5.41) is 10.3. The first-order valence-corrected chi connectivity index (χ1v) is 11.2. The number of halogens is 2. The Morgan fingerprint density at radius 2 is 2.00 bits per heavy atom. The highest BCUT2D eigenvalue weighted by molar-refractivity contribution is 7.10. The lowest BCUT2D eigenvalue weighted by Gasteiger charge is -2.30. The van der Waals surface area contributed by atoms with Crippen molar-refractivity contribution in [1.29, 1.82) is 0 Å². The molecule has 1 aliphatic rings. The number of nitrogens with zero attached hydrogens (tertiary/aromatic N) is 3. The van der Waals surface area contributed by atoms with Crippen molar-refractivity contribution in [3.8, 4) is 17.1 Å². The van der Waals surface area contributed by atoms with Gasteiger partial charge in [0.25, 0.3) is 0 Å². The normalized spacial score (nSPS) is 14.1. The molecule has 1 aliphatic heterocycles. The molecule has 2 aromatic carbocycles. The SMILES string of the molecule is O=C(O)c1c(-c2ccc(F)cc2)oc2cc(N3CCOCC3)c(OCc3nsc(Cl)n3)cc12. The van der Waals surface area contributed by atoms with E-state index >= 15 is 0 Å². The molecule has 0 saturated carbocycles. The molecule has 0 atom stereocenters. The van der Waals surface area contributed by atoms with Gasteiger partial charge in [0, 0.05) is 30.1 Å². The van der Waals surface area contributed by atoms with Gasteiger partial charge in [0.2, 0.25) is 4.47 Å². The van der Waals surface area contributed by atoms with Crippen LogP contribution in [0, 0.1) is 5.82 Å². The van der Waals surface area contributed by atoms with Gasteiger partial charge in [-0.25, -0.2) is 14.2 Å². The van der Waals surface area contributed by atoms with E-state index in [1.807, 2.05) is 0 Å². The molecule has 1 saturated heterocycles. The minimum Gasteiger partial charge on any atom is -0.483 e. The summed E-state index contributed by atoms with van der Waals surface area (Å²) < 4.78 is 35.3. The minimum atomic E-state index is -1.16. The number of aromatic nitrogens is 2. The third kappa shape index (κ3) is 4.37. The molecule has 33 heavy (non-hydrogen) atoms. The maximum Gasteiger partial charge on any atom is 0.340 e. The van der Waals surface area contributed by atoms with Crippen LogP contribution in [0.25, 0.3) is 22.3 Å². The van der Waals surface area contributed by atoms with Gasteiger partial charge in [-0.3, -0.25) is 0 Å². The van der Waals surface area contributed by atoms with E-state index in [2.05, 4.69) is 14.3 Å². The fraction of sp³-hybridized carbons (Fsp3) is 0.227. The number of hydrogen-bond acceptors (Lipinski definition) is 8. The number of fused-ring (bicyclic) bond motifs is 1. The molecular weight excluding hydrogens is 473 g/mol. The van der Waals surface area contributed by atoms with Crippen LogP contribution < -0.4 is 9.64 Å². The van der Waals surface area contributed by atoms with Crippen molar-refractivity contribution in [2.45, 2.75) is 6.61 Å². The number of carboxylic acids is 1. The molecule has 0 unspecified atom stereocenters. The number of benzene rings is 2. The number of furan rings is 1. The molecule has 1 N–H and O–H groups in total. The standard InChI is InChI=1S/C22H17ClFN3O5S/c23-22-25-18(26-33-22)11-31-17-9-14-16(10-15(17)27-5-7-30-8-6-27)32-20(19(14)21(28)29)12-1-3-13(24)4-2-12/h1-4,9-10H,5-8,11H2,(H,28,29). The summed E-state index contributed by atoms with van der Waals surface area (Å²) in [6.45, 7) is 2.46. The lowest BCUT2D eigenvalue weighted by Crippen LogP contribution is -2.36. The zero-order valence-corrected chi connectivity index (χ0v) is 18.7. The van der Waals surface area contributed by atoms with Crippen molar-refractivity contribution in [3.05, 3.63) is 58.1 Å². The van der Waals surface area contributed by atoms with E-state index < -0.39 is 11.8 Å². The zero-order chi connectivity index (χ0) is 22.9. The Hall–Kier alpha value is -3.21. The molecule has 4 aromatic rings. The molecule has 8 nitrogen and oxygen atoms in total. The Morgan fingerprint density at radius 1 is 1.24 bits per heavy atom. The summed E-state index contributed by atoms with van der Waals surface area (Å²) in [5.74, 6) is -0.547. The summed E-state index contributed by atoms with van der Waals surface area (Å²) in [4.78, 5) is 18.4. The first-order valence-electron chi connectivity index (χ1n) is 10.0. The number of carbonyl (C=O) groups is 1. The second kappa shape index (κ2) is 8.97. The Labute approximate surface area is 196 Å². The van der Waals surface area contributed by atoms with Gasteiger partial charge < -0.3 is 23.9 Å². The van der Waals surface area contributed by atoms with Gasteiger partial charge in [-0.2, -0.15) is 4.37 Å². The maximum absolute atomic E-state index is 13.4. The van der Waals surface area contributed by atoms with E-state index in [1.54, 1.807) is 12.1 Å². The molecular formula is C22H17ClFN3O5S. The average molecular weight is 490 g/mol. The highest BCUT2D eigenvalue weighted by atomic mass is 35.5. The molecule has 0 spiro atoms. The molecule has 0 bridgehead atoms. The fourth-order valence-corrected chi connectivity index (χ4v) is 4.35. The number of carboxylic acid groups (broad SMARTS) is 1. The summed E-state index contributed by atoms with van der Waals surface area (Å²) in [6.07, 6.45) is 0. The van der Waals surface area contributed by atoms with Crippen LogP contribution in [0.3, 0.4) is 0 Å². The lowest BCUT2D eigenvalue weighted by atomic mass is 10.0. The van der Waals surface area contributed by atoms with Crippen LogP contribution in [0.4, 0.5) is 10.1 Å². The second-order valence-corrected chi connectivity index (χ2v) is 8.62. The molecule has 1 fully saturated rings. The van der Waals surface area contributed by atoms with Crippen LogP contribution in [0.5, 0.6) is 5.75 Å². The third-order valence-corrected chi connectivity index (χ3v) is 6.08. The van der Waals surface area contributed by atoms with E-state index in [-0.39, 0.29) is 17.9 Å². The van der Waals surface area contributed by atoms with Crippen molar-refractivity contribution in [2.24, 2.45) is 0 Å². The van der Waals surface area contributed by atoms with E-state index in [1.165, 1.54) is 24.3 Å². The lowest BCUT2D eigenvalue weighted by molar-refractivity contribution is 0.0699. The molecule has 2 aromatic heterocycles. The Kier molecular flexibility index (Phi) is 5.88. The van der Waals surface area contributed by atoms with Gasteiger partial charge in [0.15, 0.2) is 5.82 Å². The molecule has 170 valence electrons. The number of aromatic carboxylic acids is 1.